The second-order valence-electron chi connectivity index (χ2n) is 10.1. The fourth-order valence-electron chi connectivity index (χ4n) is 4.75. The molecule has 0 spiro atoms. The number of hydrogen-bond donors (Lipinski definition) is 2. The molecule has 2 aliphatic rings. The number of halogens is 2. The molecule has 3 aromatic heterocycles. The summed E-state index contributed by atoms with van der Waals surface area (Å²) in [5.41, 5.74) is -0.642. The molecule has 8 nitrogen and oxygen atoms in total. The van der Waals surface area contributed by atoms with E-state index < -0.39 is 17.9 Å². The van der Waals surface area contributed by atoms with Gasteiger partial charge in [0.25, 0.3) is 0 Å². The smallest absolute Gasteiger partial charge is 0.227 e. The zero-order valence-corrected chi connectivity index (χ0v) is 20.4. The maximum atomic E-state index is 14.7. The van der Waals surface area contributed by atoms with Gasteiger partial charge in [-0.25, -0.2) is 23.7 Å². The molecule has 2 fully saturated rings. The van der Waals surface area contributed by atoms with Crippen molar-refractivity contribution in [1.29, 1.82) is 0 Å². The third kappa shape index (κ3) is 4.35. The lowest BCUT2D eigenvalue weighted by Gasteiger charge is -2.43. The summed E-state index contributed by atoms with van der Waals surface area (Å²) in [6, 6.07) is 3.48. The van der Waals surface area contributed by atoms with Crippen LogP contribution < -0.4 is 15.1 Å². The Balaban J connectivity index is 1.44. The number of hydrogen-bond acceptors (Lipinski definition) is 8. The summed E-state index contributed by atoms with van der Waals surface area (Å²) in [7, 11) is 0. The average molecular weight is 484 g/mol. The molecule has 5 rings (SSSR count). The van der Waals surface area contributed by atoms with Gasteiger partial charge in [0.1, 0.15) is 23.6 Å². The van der Waals surface area contributed by atoms with Crippen LogP contribution in [0.15, 0.2) is 30.7 Å². The monoisotopic (exact) mass is 483 g/mol. The van der Waals surface area contributed by atoms with Crippen molar-refractivity contribution in [3.63, 3.8) is 0 Å². The van der Waals surface area contributed by atoms with Crippen molar-refractivity contribution in [2.45, 2.75) is 64.0 Å². The van der Waals surface area contributed by atoms with Crippen LogP contribution in [0, 0.1) is 0 Å². The molecule has 3 aromatic rings. The Bertz CT molecular complexity index is 1240. The summed E-state index contributed by atoms with van der Waals surface area (Å²) in [5, 5.41) is 15.0. The highest BCUT2D eigenvalue weighted by Gasteiger charge is 2.40. The summed E-state index contributed by atoms with van der Waals surface area (Å²) in [6.45, 7) is 8.31. The van der Waals surface area contributed by atoms with Crippen LogP contribution in [-0.4, -0.2) is 68.7 Å². The molecule has 0 radical (unpaired) electrons. The minimum Gasteiger partial charge on any atom is -0.390 e. The molecular weight excluding hydrogens is 452 g/mol. The van der Waals surface area contributed by atoms with E-state index in [9.17, 15) is 13.9 Å². The van der Waals surface area contributed by atoms with Crippen LogP contribution in [0.2, 0.25) is 0 Å². The lowest BCUT2D eigenvalue weighted by molar-refractivity contribution is -0.00860. The van der Waals surface area contributed by atoms with E-state index in [4.69, 9.17) is 0 Å². The SMILES string of the molecule is CC(C)c1cnc(N2C[C@@H](F)[C@@H]2C)c2cnc(Nc3ccnc(N4CC[C@@H](O)[C@@](C)(F)C4)n3)cc12. The number of pyridine rings is 2. The van der Waals surface area contributed by atoms with Gasteiger partial charge in [-0.3, -0.25) is 0 Å². The van der Waals surface area contributed by atoms with Gasteiger partial charge in [-0.05, 0) is 49.3 Å². The summed E-state index contributed by atoms with van der Waals surface area (Å²) in [4.78, 5) is 21.8. The highest BCUT2D eigenvalue weighted by Crippen LogP contribution is 2.36. The lowest BCUT2D eigenvalue weighted by Crippen LogP contribution is -2.57. The van der Waals surface area contributed by atoms with Crippen LogP contribution >= 0.6 is 0 Å². The van der Waals surface area contributed by atoms with Gasteiger partial charge >= 0.3 is 0 Å². The van der Waals surface area contributed by atoms with Crippen molar-refractivity contribution in [2.24, 2.45) is 0 Å². The standard InChI is InChI=1S/C25H31F2N7O/c1-14(2)17-10-30-23(34-12-19(26)15(34)3)18-11-29-22(9-16(17)18)31-21-5-7-28-24(32-21)33-8-6-20(35)25(4,27)13-33/h5,7,9-11,14-15,19-20,35H,6,8,12-13H2,1-4H3,(H,28,29,31,32)/t15-,19+,20+,25-/m0/s1. The Morgan fingerprint density at radius 2 is 1.97 bits per heavy atom. The largest absolute Gasteiger partial charge is 0.390 e. The molecule has 2 aliphatic heterocycles. The number of aliphatic hydroxyl groups is 1. The third-order valence-electron chi connectivity index (χ3n) is 7.11. The van der Waals surface area contributed by atoms with Crippen molar-refractivity contribution in [1.82, 2.24) is 19.9 Å². The Kier molecular flexibility index (Phi) is 5.94. The van der Waals surface area contributed by atoms with Crippen molar-refractivity contribution in [3.05, 3.63) is 36.3 Å². The third-order valence-corrected chi connectivity index (χ3v) is 7.11. The van der Waals surface area contributed by atoms with Gasteiger partial charge in [0.15, 0.2) is 5.67 Å². The van der Waals surface area contributed by atoms with Gasteiger partial charge < -0.3 is 20.2 Å². The van der Waals surface area contributed by atoms with Gasteiger partial charge in [-0.15, -0.1) is 0 Å². The number of piperidine rings is 1. The van der Waals surface area contributed by atoms with E-state index >= 15 is 0 Å². The number of rotatable bonds is 5. The number of alkyl halides is 2. The van der Waals surface area contributed by atoms with E-state index in [1.807, 2.05) is 24.1 Å². The topological polar surface area (TPSA) is 90.3 Å². The van der Waals surface area contributed by atoms with Gasteiger partial charge in [0.2, 0.25) is 5.95 Å². The molecule has 0 aliphatic carbocycles. The van der Waals surface area contributed by atoms with Crippen LogP contribution in [-0.2, 0) is 0 Å². The Morgan fingerprint density at radius 1 is 1.17 bits per heavy atom. The fourth-order valence-corrected chi connectivity index (χ4v) is 4.75. The lowest BCUT2D eigenvalue weighted by atomic mass is 9.94. The molecule has 0 aromatic carbocycles. The van der Waals surface area contributed by atoms with E-state index in [2.05, 4.69) is 39.1 Å². The van der Waals surface area contributed by atoms with E-state index in [0.717, 1.165) is 22.2 Å². The highest BCUT2D eigenvalue weighted by molar-refractivity contribution is 5.96. The van der Waals surface area contributed by atoms with Gasteiger partial charge in [-0.1, -0.05) is 13.8 Å². The van der Waals surface area contributed by atoms with E-state index in [0.29, 0.717) is 37.1 Å². The van der Waals surface area contributed by atoms with Crippen molar-refractivity contribution in [2.75, 3.05) is 34.8 Å². The molecule has 5 heterocycles. The molecule has 35 heavy (non-hydrogen) atoms. The predicted octanol–water partition coefficient (Wildman–Crippen LogP) is 4.13. The maximum absolute atomic E-state index is 14.7. The summed E-state index contributed by atoms with van der Waals surface area (Å²) in [6.07, 6.45) is 3.72. The second kappa shape index (κ2) is 8.82. The van der Waals surface area contributed by atoms with Crippen LogP contribution in [0.5, 0.6) is 0 Å². The summed E-state index contributed by atoms with van der Waals surface area (Å²) in [5.74, 6) is 2.52. The first kappa shape index (κ1) is 23.6. The van der Waals surface area contributed by atoms with Crippen LogP contribution in [0.4, 0.5) is 32.2 Å². The van der Waals surface area contributed by atoms with Crippen LogP contribution in [0.1, 0.15) is 45.6 Å². The fraction of sp³-hybridized carbons (Fsp3) is 0.520. The van der Waals surface area contributed by atoms with Crippen LogP contribution in [0.3, 0.4) is 0 Å². The average Bonchev–Trinajstić information content (AvgIpc) is 2.83. The normalized spacial score (nSPS) is 26.8. The quantitative estimate of drug-likeness (QED) is 0.560. The van der Waals surface area contributed by atoms with Crippen molar-refractivity contribution in [3.8, 4) is 0 Å². The zero-order valence-electron chi connectivity index (χ0n) is 20.4. The Labute approximate surface area is 203 Å². The molecular formula is C25H31F2N7O. The van der Waals surface area contributed by atoms with E-state index in [1.165, 1.54) is 6.92 Å². The molecule has 2 N–H and O–H groups in total. The molecule has 10 heteroatoms. The first-order valence-corrected chi connectivity index (χ1v) is 12.1. The maximum Gasteiger partial charge on any atom is 0.227 e. The number of anilines is 4. The molecule has 186 valence electrons. The number of aliphatic hydroxyl groups excluding tert-OH is 1. The predicted molar refractivity (Wildman–Crippen MR) is 133 cm³/mol. The second-order valence-corrected chi connectivity index (χ2v) is 10.1. The molecule has 4 atom stereocenters. The summed E-state index contributed by atoms with van der Waals surface area (Å²) >= 11 is 0. The van der Waals surface area contributed by atoms with Gasteiger partial charge in [-0.2, -0.15) is 4.98 Å². The molecule has 0 amide bonds. The summed E-state index contributed by atoms with van der Waals surface area (Å²) < 4.78 is 28.5. The number of fused-ring (bicyclic) bond motifs is 1. The van der Waals surface area contributed by atoms with Crippen molar-refractivity contribution < 1.29 is 13.9 Å². The minimum absolute atomic E-state index is 0.0219. The molecule has 0 unspecified atom stereocenters. The highest BCUT2D eigenvalue weighted by atomic mass is 19.1. The Hall–Kier alpha value is -3.14. The number of nitrogens with one attached hydrogen (secondary N) is 1. The number of nitrogens with zero attached hydrogens (tertiary/aromatic N) is 6. The Morgan fingerprint density at radius 3 is 2.66 bits per heavy atom. The molecule has 2 saturated heterocycles. The number of aromatic nitrogens is 4. The molecule has 0 bridgehead atoms. The first-order valence-electron chi connectivity index (χ1n) is 12.1. The first-order chi connectivity index (χ1) is 16.6. The van der Waals surface area contributed by atoms with Crippen molar-refractivity contribution >= 4 is 34.2 Å². The minimum atomic E-state index is -1.72. The van der Waals surface area contributed by atoms with E-state index in [1.54, 1.807) is 23.4 Å². The van der Waals surface area contributed by atoms with E-state index in [-0.39, 0.29) is 18.5 Å². The zero-order chi connectivity index (χ0) is 24.9. The molecule has 0 saturated carbocycles. The van der Waals surface area contributed by atoms with Crippen LogP contribution in [0.25, 0.3) is 10.8 Å². The van der Waals surface area contributed by atoms with Gasteiger partial charge in [0.05, 0.1) is 25.2 Å². The van der Waals surface area contributed by atoms with Gasteiger partial charge in [0, 0.05) is 30.5 Å².